The molecule has 1 fully saturated rings. The van der Waals surface area contributed by atoms with E-state index < -0.39 is 36.0 Å². The number of hydrogen-bond donors (Lipinski definition) is 1. The second-order valence-corrected chi connectivity index (χ2v) is 6.91. The fraction of sp³-hybridized carbons (Fsp3) is 0.333. The van der Waals surface area contributed by atoms with Gasteiger partial charge in [-0.05, 0) is 36.2 Å². The molecular weight excluding hydrogens is 420 g/mol. The predicted octanol–water partition coefficient (Wildman–Crippen LogP) is 3.29. The molecule has 3 rings (SSSR count). The molecule has 2 aromatic rings. The number of amides is 2. The van der Waals surface area contributed by atoms with Crippen LogP contribution in [-0.4, -0.2) is 38.6 Å². The second-order valence-electron chi connectivity index (χ2n) is 6.91. The summed E-state index contributed by atoms with van der Waals surface area (Å²) in [6, 6.07) is 7.42. The Kier molecular flexibility index (Phi) is 6.98. The van der Waals surface area contributed by atoms with Crippen molar-refractivity contribution in [3.8, 4) is 11.5 Å². The number of nitrogens with one attached hydrogen (secondary N) is 1. The highest BCUT2D eigenvalue weighted by Crippen LogP contribution is 2.30. The molecule has 0 bridgehead atoms. The van der Waals surface area contributed by atoms with E-state index in [2.05, 4.69) is 10.1 Å². The molecule has 1 atom stereocenters. The van der Waals surface area contributed by atoms with E-state index in [9.17, 15) is 27.2 Å². The third-order valence-electron chi connectivity index (χ3n) is 4.85. The minimum absolute atomic E-state index is 0.0257. The van der Waals surface area contributed by atoms with Crippen molar-refractivity contribution in [3.05, 3.63) is 53.6 Å². The molecule has 0 radical (unpaired) electrons. The molecule has 10 heteroatoms. The summed E-state index contributed by atoms with van der Waals surface area (Å²) in [5.41, 5.74) is 0.556. The maximum absolute atomic E-state index is 14.0. The topological polar surface area (TPSA) is 67.9 Å². The summed E-state index contributed by atoms with van der Waals surface area (Å²) in [6.45, 7) is -2.84. The maximum atomic E-state index is 14.0. The van der Waals surface area contributed by atoms with Crippen LogP contribution in [0.3, 0.4) is 0 Å². The van der Waals surface area contributed by atoms with Crippen molar-refractivity contribution >= 4 is 17.5 Å². The summed E-state index contributed by atoms with van der Waals surface area (Å²) in [5, 5.41) is 2.69. The number of rotatable bonds is 8. The van der Waals surface area contributed by atoms with Crippen molar-refractivity contribution in [1.29, 1.82) is 0 Å². The average molecular weight is 440 g/mol. The van der Waals surface area contributed by atoms with Crippen LogP contribution in [0.25, 0.3) is 0 Å². The van der Waals surface area contributed by atoms with Crippen LogP contribution in [0.1, 0.15) is 12.0 Å². The van der Waals surface area contributed by atoms with Gasteiger partial charge in [0.2, 0.25) is 11.8 Å². The van der Waals surface area contributed by atoms with Crippen LogP contribution in [0.2, 0.25) is 0 Å². The van der Waals surface area contributed by atoms with Crippen molar-refractivity contribution in [2.75, 3.05) is 25.1 Å². The summed E-state index contributed by atoms with van der Waals surface area (Å²) in [6.07, 6.45) is 0.226. The average Bonchev–Trinajstić information content (AvgIpc) is 3.09. The van der Waals surface area contributed by atoms with Gasteiger partial charge < -0.3 is 19.7 Å². The number of halogens is 4. The molecule has 2 amide bonds. The van der Waals surface area contributed by atoms with Crippen molar-refractivity contribution in [1.82, 2.24) is 5.32 Å². The molecular formula is C21H20F4N2O4. The van der Waals surface area contributed by atoms with Crippen LogP contribution in [0.4, 0.5) is 23.2 Å². The van der Waals surface area contributed by atoms with E-state index in [1.807, 2.05) is 0 Å². The first-order chi connectivity index (χ1) is 14.8. The van der Waals surface area contributed by atoms with E-state index in [4.69, 9.17) is 4.74 Å². The zero-order chi connectivity index (χ0) is 22.5. The highest BCUT2D eigenvalue weighted by molar-refractivity contribution is 6.00. The number of anilines is 1. The second kappa shape index (κ2) is 9.67. The van der Waals surface area contributed by atoms with Crippen LogP contribution in [0.5, 0.6) is 11.5 Å². The Morgan fingerprint density at radius 3 is 2.65 bits per heavy atom. The van der Waals surface area contributed by atoms with E-state index in [1.54, 1.807) is 6.07 Å². The van der Waals surface area contributed by atoms with Crippen molar-refractivity contribution in [2.45, 2.75) is 19.5 Å². The summed E-state index contributed by atoms with van der Waals surface area (Å²) in [4.78, 5) is 25.8. The van der Waals surface area contributed by atoms with Crippen LogP contribution in [0.15, 0.2) is 36.4 Å². The first-order valence-electron chi connectivity index (χ1n) is 9.43. The molecule has 0 spiro atoms. The van der Waals surface area contributed by atoms with Gasteiger partial charge in [-0.3, -0.25) is 9.59 Å². The zero-order valence-electron chi connectivity index (χ0n) is 16.5. The molecule has 1 N–H and O–H groups in total. The monoisotopic (exact) mass is 440 g/mol. The van der Waals surface area contributed by atoms with E-state index >= 15 is 0 Å². The van der Waals surface area contributed by atoms with Crippen LogP contribution >= 0.6 is 0 Å². The van der Waals surface area contributed by atoms with Crippen LogP contribution in [-0.2, 0) is 16.0 Å². The van der Waals surface area contributed by atoms with Crippen molar-refractivity contribution in [3.63, 3.8) is 0 Å². The fourth-order valence-electron chi connectivity index (χ4n) is 3.36. The Labute approximate surface area is 175 Å². The van der Waals surface area contributed by atoms with Crippen molar-refractivity contribution in [2.24, 2.45) is 5.92 Å². The standard InChI is InChI=1S/C21H20F4N2O4/c1-30-17-5-2-12(8-18(17)31-21(24)25)6-7-26-20(29)13-9-19(28)27(11-13)16-4-3-14(22)10-15(16)23/h2-5,8,10,13,21H,6-7,9,11H2,1H3,(H,26,29). The normalized spacial score (nSPS) is 16.0. The third-order valence-corrected chi connectivity index (χ3v) is 4.85. The number of benzene rings is 2. The van der Waals surface area contributed by atoms with E-state index in [0.29, 0.717) is 18.1 Å². The Bertz CT molecular complexity index is 970. The number of carbonyl (C=O) groups is 2. The number of ether oxygens (including phenoxy) is 2. The Hall–Kier alpha value is -3.30. The van der Waals surface area contributed by atoms with Crippen molar-refractivity contribution < 1.29 is 36.6 Å². The third kappa shape index (κ3) is 5.44. The molecule has 2 aromatic carbocycles. The Balaban J connectivity index is 1.56. The zero-order valence-corrected chi connectivity index (χ0v) is 16.5. The molecule has 1 aliphatic heterocycles. The molecule has 31 heavy (non-hydrogen) atoms. The predicted molar refractivity (Wildman–Crippen MR) is 103 cm³/mol. The molecule has 1 unspecified atom stereocenters. The number of nitrogens with zero attached hydrogens (tertiary/aromatic N) is 1. The van der Waals surface area contributed by atoms with Gasteiger partial charge >= 0.3 is 6.61 Å². The van der Waals surface area contributed by atoms with Gasteiger partial charge in [0.05, 0.1) is 18.7 Å². The molecule has 166 valence electrons. The lowest BCUT2D eigenvalue weighted by Crippen LogP contribution is -2.34. The lowest BCUT2D eigenvalue weighted by atomic mass is 10.1. The lowest BCUT2D eigenvalue weighted by molar-refractivity contribution is -0.126. The van der Waals surface area contributed by atoms with Crippen LogP contribution in [0, 0.1) is 17.6 Å². The van der Waals surface area contributed by atoms with Gasteiger partial charge in [-0.2, -0.15) is 8.78 Å². The molecule has 1 aliphatic rings. The van der Waals surface area contributed by atoms with E-state index in [1.165, 1.54) is 19.2 Å². The van der Waals surface area contributed by atoms with Gasteiger partial charge in [0, 0.05) is 25.6 Å². The summed E-state index contributed by atoms with van der Waals surface area (Å²) in [5.74, 6) is -3.11. The molecule has 0 saturated carbocycles. The smallest absolute Gasteiger partial charge is 0.387 e. The lowest BCUT2D eigenvalue weighted by Gasteiger charge is -2.17. The number of alkyl halides is 2. The van der Waals surface area contributed by atoms with Gasteiger partial charge in [-0.1, -0.05) is 6.07 Å². The minimum atomic E-state index is -3.00. The molecule has 1 saturated heterocycles. The molecule has 1 heterocycles. The summed E-state index contributed by atoms with van der Waals surface area (Å²) < 4.78 is 61.5. The summed E-state index contributed by atoms with van der Waals surface area (Å²) >= 11 is 0. The highest BCUT2D eigenvalue weighted by Gasteiger charge is 2.36. The number of carbonyl (C=O) groups excluding carboxylic acids is 2. The molecule has 0 aliphatic carbocycles. The van der Waals surface area contributed by atoms with Crippen LogP contribution < -0.4 is 19.7 Å². The first kappa shape index (κ1) is 22.4. The minimum Gasteiger partial charge on any atom is -0.493 e. The Morgan fingerprint density at radius 2 is 1.97 bits per heavy atom. The van der Waals surface area contributed by atoms with Gasteiger partial charge in [0.1, 0.15) is 11.6 Å². The first-order valence-corrected chi connectivity index (χ1v) is 9.43. The quantitative estimate of drug-likeness (QED) is 0.640. The van der Waals surface area contributed by atoms with Gasteiger partial charge in [-0.15, -0.1) is 0 Å². The number of methoxy groups -OCH3 is 1. The Morgan fingerprint density at radius 1 is 1.19 bits per heavy atom. The molecule has 0 aromatic heterocycles. The highest BCUT2D eigenvalue weighted by atomic mass is 19.3. The largest absolute Gasteiger partial charge is 0.493 e. The van der Waals surface area contributed by atoms with Gasteiger partial charge in [0.25, 0.3) is 0 Å². The van der Waals surface area contributed by atoms with Gasteiger partial charge in [-0.25, -0.2) is 8.78 Å². The van der Waals surface area contributed by atoms with E-state index in [-0.39, 0.29) is 36.7 Å². The summed E-state index contributed by atoms with van der Waals surface area (Å²) in [7, 11) is 1.33. The SMILES string of the molecule is COc1ccc(CCNC(=O)C2CC(=O)N(c3ccc(F)cc3F)C2)cc1OC(F)F. The number of hydrogen-bond acceptors (Lipinski definition) is 4. The van der Waals surface area contributed by atoms with Gasteiger partial charge in [0.15, 0.2) is 11.5 Å². The fourth-order valence-corrected chi connectivity index (χ4v) is 3.36. The van der Waals surface area contributed by atoms with E-state index in [0.717, 1.165) is 17.0 Å². The molecule has 6 nitrogen and oxygen atoms in total. The maximum Gasteiger partial charge on any atom is 0.387 e.